The maximum Gasteiger partial charge on any atom is 0.253 e. The van der Waals surface area contributed by atoms with Gasteiger partial charge in [-0.05, 0) is 36.4 Å². The minimum Gasteiger partial charge on any atom is -0.508 e. The molecule has 1 heterocycles. The van der Waals surface area contributed by atoms with E-state index in [1.165, 1.54) is 5.69 Å². The van der Waals surface area contributed by atoms with Crippen molar-refractivity contribution in [2.75, 3.05) is 31.1 Å². The van der Waals surface area contributed by atoms with Crippen molar-refractivity contribution in [1.82, 2.24) is 4.90 Å². The van der Waals surface area contributed by atoms with Crippen molar-refractivity contribution in [2.24, 2.45) is 0 Å². The summed E-state index contributed by atoms with van der Waals surface area (Å²) in [5, 5.41) is 9.28. The van der Waals surface area contributed by atoms with Gasteiger partial charge in [-0.25, -0.2) is 0 Å². The molecular formula is C17H18N2O2. The predicted molar refractivity (Wildman–Crippen MR) is 82.7 cm³/mol. The lowest BCUT2D eigenvalue weighted by molar-refractivity contribution is 0.0747. The summed E-state index contributed by atoms with van der Waals surface area (Å²) >= 11 is 0. The summed E-state index contributed by atoms with van der Waals surface area (Å²) < 4.78 is 0. The normalized spacial score (nSPS) is 15.0. The zero-order valence-corrected chi connectivity index (χ0v) is 11.8. The number of piperazine rings is 1. The topological polar surface area (TPSA) is 43.8 Å². The Morgan fingerprint density at radius 2 is 1.48 bits per heavy atom. The van der Waals surface area contributed by atoms with Crippen molar-refractivity contribution in [3.05, 3.63) is 60.2 Å². The first-order valence-electron chi connectivity index (χ1n) is 7.12. The fourth-order valence-electron chi connectivity index (χ4n) is 2.59. The number of benzene rings is 2. The largest absolute Gasteiger partial charge is 0.508 e. The molecule has 3 rings (SSSR count). The van der Waals surface area contributed by atoms with Crippen LogP contribution in [0.25, 0.3) is 0 Å². The van der Waals surface area contributed by atoms with Gasteiger partial charge in [0.1, 0.15) is 5.75 Å². The van der Waals surface area contributed by atoms with Gasteiger partial charge in [0.2, 0.25) is 0 Å². The Bertz CT molecular complexity index is 602. The molecule has 21 heavy (non-hydrogen) atoms. The second-order valence-corrected chi connectivity index (χ2v) is 5.16. The number of amides is 1. The molecule has 0 spiro atoms. The molecule has 0 saturated carbocycles. The number of phenolic OH excluding ortho intramolecular Hbond substituents is 1. The van der Waals surface area contributed by atoms with Gasteiger partial charge < -0.3 is 14.9 Å². The zero-order valence-electron chi connectivity index (χ0n) is 11.8. The smallest absolute Gasteiger partial charge is 0.253 e. The molecule has 4 heteroatoms. The van der Waals surface area contributed by atoms with Crippen molar-refractivity contribution in [3.8, 4) is 5.75 Å². The highest BCUT2D eigenvalue weighted by atomic mass is 16.3. The van der Waals surface area contributed by atoms with E-state index in [0.717, 1.165) is 13.1 Å². The summed E-state index contributed by atoms with van der Waals surface area (Å²) in [5.41, 5.74) is 1.83. The van der Waals surface area contributed by atoms with Crippen LogP contribution in [0.1, 0.15) is 10.4 Å². The Kier molecular flexibility index (Phi) is 3.77. The van der Waals surface area contributed by atoms with Crippen LogP contribution in [0.5, 0.6) is 5.75 Å². The van der Waals surface area contributed by atoms with Gasteiger partial charge in [0, 0.05) is 37.4 Å². The standard InChI is InChI=1S/C17H18N2O2/c20-16-8-6-14(7-9-16)17(21)19-12-10-18(11-13-19)15-4-2-1-3-5-15/h1-9,20H,10-13H2. The van der Waals surface area contributed by atoms with Gasteiger partial charge >= 0.3 is 0 Å². The average Bonchev–Trinajstić information content (AvgIpc) is 2.56. The number of anilines is 1. The fraction of sp³-hybridized carbons (Fsp3) is 0.235. The number of para-hydroxylation sites is 1. The molecule has 1 saturated heterocycles. The molecule has 108 valence electrons. The van der Waals surface area contributed by atoms with Gasteiger partial charge in [-0.1, -0.05) is 18.2 Å². The first-order chi connectivity index (χ1) is 10.2. The third-order valence-electron chi connectivity index (χ3n) is 3.80. The lowest BCUT2D eigenvalue weighted by Crippen LogP contribution is -2.48. The number of rotatable bonds is 2. The van der Waals surface area contributed by atoms with E-state index in [1.54, 1.807) is 24.3 Å². The number of nitrogens with zero attached hydrogens (tertiary/aromatic N) is 2. The van der Waals surface area contributed by atoms with Crippen molar-refractivity contribution in [3.63, 3.8) is 0 Å². The Labute approximate surface area is 124 Å². The van der Waals surface area contributed by atoms with Crippen molar-refractivity contribution in [2.45, 2.75) is 0 Å². The van der Waals surface area contributed by atoms with Gasteiger partial charge in [-0.2, -0.15) is 0 Å². The van der Waals surface area contributed by atoms with Crippen LogP contribution in [0.4, 0.5) is 5.69 Å². The summed E-state index contributed by atoms with van der Waals surface area (Å²) in [6.45, 7) is 3.12. The Morgan fingerprint density at radius 1 is 0.857 bits per heavy atom. The molecule has 0 bridgehead atoms. The summed E-state index contributed by atoms with van der Waals surface area (Å²) in [4.78, 5) is 16.5. The van der Waals surface area contributed by atoms with Crippen molar-refractivity contribution < 1.29 is 9.90 Å². The van der Waals surface area contributed by atoms with E-state index in [9.17, 15) is 9.90 Å². The number of carbonyl (C=O) groups excluding carboxylic acids is 1. The van der Waals surface area contributed by atoms with Gasteiger partial charge in [-0.3, -0.25) is 4.79 Å². The van der Waals surface area contributed by atoms with Gasteiger partial charge in [0.25, 0.3) is 5.91 Å². The Morgan fingerprint density at radius 3 is 2.10 bits per heavy atom. The molecule has 0 atom stereocenters. The van der Waals surface area contributed by atoms with Crippen LogP contribution < -0.4 is 4.90 Å². The molecule has 0 unspecified atom stereocenters. The minimum absolute atomic E-state index is 0.0303. The SMILES string of the molecule is O=C(c1ccc(O)cc1)N1CCN(c2ccccc2)CC1. The van der Waals surface area contributed by atoms with Crippen LogP contribution in [0.2, 0.25) is 0 Å². The second kappa shape index (κ2) is 5.87. The van der Waals surface area contributed by atoms with E-state index in [-0.39, 0.29) is 11.7 Å². The quantitative estimate of drug-likeness (QED) is 0.919. The molecular weight excluding hydrogens is 264 g/mol. The van der Waals surface area contributed by atoms with Crippen molar-refractivity contribution in [1.29, 1.82) is 0 Å². The van der Waals surface area contributed by atoms with E-state index in [4.69, 9.17) is 0 Å². The van der Waals surface area contributed by atoms with Gasteiger partial charge in [-0.15, -0.1) is 0 Å². The van der Waals surface area contributed by atoms with Crippen LogP contribution in [-0.2, 0) is 0 Å². The highest BCUT2D eigenvalue weighted by Crippen LogP contribution is 2.17. The molecule has 0 aliphatic carbocycles. The maximum atomic E-state index is 12.4. The number of carbonyl (C=O) groups is 1. The van der Waals surface area contributed by atoms with Gasteiger partial charge in [0.15, 0.2) is 0 Å². The fourth-order valence-corrected chi connectivity index (χ4v) is 2.59. The molecule has 1 N–H and O–H groups in total. The zero-order chi connectivity index (χ0) is 14.7. The van der Waals surface area contributed by atoms with E-state index in [2.05, 4.69) is 17.0 Å². The van der Waals surface area contributed by atoms with Crippen LogP contribution >= 0.6 is 0 Å². The molecule has 1 aliphatic rings. The average molecular weight is 282 g/mol. The number of hydrogen-bond acceptors (Lipinski definition) is 3. The highest BCUT2D eigenvalue weighted by molar-refractivity contribution is 5.94. The molecule has 4 nitrogen and oxygen atoms in total. The third-order valence-corrected chi connectivity index (χ3v) is 3.80. The molecule has 1 fully saturated rings. The van der Waals surface area contributed by atoms with Crippen molar-refractivity contribution >= 4 is 11.6 Å². The summed E-state index contributed by atoms with van der Waals surface area (Å²) in [6.07, 6.45) is 0. The number of aromatic hydroxyl groups is 1. The minimum atomic E-state index is 0.0303. The lowest BCUT2D eigenvalue weighted by Gasteiger charge is -2.36. The summed E-state index contributed by atoms with van der Waals surface area (Å²) in [5.74, 6) is 0.211. The first kappa shape index (κ1) is 13.5. The van der Waals surface area contributed by atoms with E-state index in [0.29, 0.717) is 18.7 Å². The van der Waals surface area contributed by atoms with Crippen LogP contribution in [0, 0.1) is 0 Å². The highest BCUT2D eigenvalue weighted by Gasteiger charge is 2.22. The second-order valence-electron chi connectivity index (χ2n) is 5.16. The summed E-state index contributed by atoms with van der Waals surface area (Å²) in [7, 11) is 0. The monoisotopic (exact) mass is 282 g/mol. The third kappa shape index (κ3) is 2.99. The maximum absolute atomic E-state index is 12.4. The molecule has 1 amide bonds. The van der Waals surface area contributed by atoms with E-state index in [1.807, 2.05) is 23.1 Å². The molecule has 2 aromatic carbocycles. The summed E-state index contributed by atoms with van der Waals surface area (Å²) in [6, 6.07) is 16.7. The molecule has 1 aliphatic heterocycles. The van der Waals surface area contributed by atoms with Crippen LogP contribution in [-0.4, -0.2) is 42.1 Å². The predicted octanol–water partition coefficient (Wildman–Crippen LogP) is 2.35. The molecule has 0 radical (unpaired) electrons. The first-order valence-corrected chi connectivity index (χ1v) is 7.12. The van der Waals surface area contributed by atoms with Crippen LogP contribution in [0.3, 0.4) is 0 Å². The molecule has 2 aromatic rings. The van der Waals surface area contributed by atoms with Gasteiger partial charge in [0.05, 0.1) is 0 Å². The van der Waals surface area contributed by atoms with E-state index < -0.39 is 0 Å². The van der Waals surface area contributed by atoms with E-state index >= 15 is 0 Å². The number of hydrogen-bond donors (Lipinski definition) is 1. The Balaban J connectivity index is 1.63. The lowest BCUT2D eigenvalue weighted by atomic mass is 10.1. The van der Waals surface area contributed by atoms with Crippen LogP contribution in [0.15, 0.2) is 54.6 Å². The Hall–Kier alpha value is -2.49. The molecule has 0 aromatic heterocycles. The number of phenols is 1.